The lowest BCUT2D eigenvalue weighted by molar-refractivity contribution is 1.43. The summed E-state index contributed by atoms with van der Waals surface area (Å²) in [6, 6.07) is 28.1. The Bertz CT molecular complexity index is 1420. The van der Waals surface area contributed by atoms with Gasteiger partial charge in [0, 0.05) is 27.4 Å². The molecule has 6 rings (SSSR count). The van der Waals surface area contributed by atoms with Crippen molar-refractivity contribution in [2.45, 2.75) is 13.8 Å². The van der Waals surface area contributed by atoms with Crippen LogP contribution >= 0.6 is 0 Å². The number of aryl methyl sites for hydroxylation is 2. The van der Waals surface area contributed by atoms with Crippen LogP contribution in [0.2, 0.25) is 0 Å². The predicted octanol–water partition coefficient (Wildman–Crippen LogP) is 7.09. The largest absolute Gasteiger partial charge is 0.353 e. The molecule has 5 aromatic rings. The third kappa shape index (κ3) is 2.39. The van der Waals surface area contributed by atoms with E-state index in [0.29, 0.717) is 0 Å². The van der Waals surface area contributed by atoms with Crippen molar-refractivity contribution in [3.05, 3.63) is 101 Å². The van der Waals surface area contributed by atoms with Crippen molar-refractivity contribution in [3.8, 4) is 11.1 Å². The second-order valence-corrected chi connectivity index (χ2v) is 7.93. The van der Waals surface area contributed by atoms with Crippen LogP contribution in [0.4, 0.5) is 5.69 Å². The summed E-state index contributed by atoms with van der Waals surface area (Å²) in [5, 5.41) is 2.50. The SMILES string of the molecule is Cc1ccc2[nH]c3c(N=C4c5ccccc5-c5ccccc54)cc(C)cc3c2c1. The molecule has 0 bridgehead atoms. The molecule has 1 aromatic heterocycles. The lowest BCUT2D eigenvalue weighted by atomic mass is 10.1. The number of hydrogen-bond acceptors (Lipinski definition) is 1. The number of hydrogen-bond donors (Lipinski definition) is 1. The van der Waals surface area contributed by atoms with E-state index in [1.165, 1.54) is 44.2 Å². The van der Waals surface area contributed by atoms with Crippen LogP contribution in [0.3, 0.4) is 0 Å². The molecular formula is C27H20N2. The number of aromatic amines is 1. The summed E-state index contributed by atoms with van der Waals surface area (Å²) in [6.45, 7) is 4.29. The van der Waals surface area contributed by atoms with Gasteiger partial charge in [0.15, 0.2) is 0 Å². The van der Waals surface area contributed by atoms with Gasteiger partial charge in [-0.05, 0) is 54.8 Å². The van der Waals surface area contributed by atoms with Crippen molar-refractivity contribution in [2.24, 2.45) is 4.99 Å². The molecule has 1 N–H and O–H groups in total. The molecule has 0 saturated heterocycles. The number of aromatic nitrogens is 1. The minimum absolute atomic E-state index is 0.996. The average Bonchev–Trinajstić information content (AvgIpc) is 3.25. The highest BCUT2D eigenvalue weighted by atomic mass is 14.8. The Morgan fingerprint density at radius 3 is 1.93 bits per heavy atom. The molecule has 2 nitrogen and oxygen atoms in total. The molecule has 1 aliphatic carbocycles. The van der Waals surface area contributed by atoms with Crippen LogP contribution in [0.5, 0.6) is 0 Å². The van der Waals surface area contributed by atoms with E-state index in [1.807, 2.05) is 0 Å². The number of nitrogens with zero attached hydrogens (tertiary/aromatic N) is 1. The molecule has 29 heavy (non-hydrogen) atoms. The molecule has 0 spiro atoms. The molecule has 2 heteroatoms. The normalized spacial score (nSPS) is 12.4. The first kappa shape index (κ1) is 16.3. The van der Waals surface area contributed by atoms with Gasteiger partial charge in [0.25, 0.3) is 0 Å². The smallest absolute Gasteiger partial charge is 0.0881 e. The van der Waals surface area contributed by atoms with Gasteiger partial charge in [-0.15, -0.1) is 0 Å². The number of H-pyrrole nitrogens is 1. The zero-order valence-corrected chi connectivity index (χ0v) is 16.5. The number of fused-ring (bicyclic) bond motifs is 6. The molecule has 0 aliphatic heterocycles. The first-order chi connectivity index (χ1) is 14.2. The molecule has 4 aromatic carbocycles. The summed E-state index contributed by atoms with van der Waals surface area (Å²) in [6.07, 6.45) is 0. The Morgan fingerprint density at radius 1 is 0.621 bits per heavy atom. The Morgan fingerprint density at radius 2 is 1.24 bits per heavy atom. The Kier molecular flexibility index (Phi) is 3.33. The first-order valence-corrected chi connectivity index (χ1v) is 9.99. The highest BCUT2D eigenvalue weighted by Crippen LogP contribution is 2.40. The van der Waals surface area contributed by atoms with E-state index in [2.05, 4.69) is 97.7 Å². The number of benzene rings is 4. The quantitative estimate of drug-likeness (QED) is 0.319. The van der Waals surface area contributed by atoms with E-state index in [-0.39, 0.29) is 0 Å². The second kappa shape index (κ2) is 5.92. The summed E-state index contributed by atoms with van der Waals surface area (Å²) in [4.78, 5) is 8.85. The molecule has 0 radical (unpaired) electrons. The summed E-state index contributed by atoms with van der Waals surface area (Å²) in [7, 11) is 0. The molecule has 0 fully saturated rings. The highest BCUT2D eigenvalue weighted by molar-refractivity contribution is 6.26. The van der Waals surface area contributed by atoms with Crippen molar-refractivity contribution >= 4 is 33.2 Å². The highest BCUT2D eigenvalue weighted by Gasteiger charge is 2.24. The first-order valence-electron chi connectivity index (χ1n) is 9.99. The maximum Gasteiger partial charge on any atom is 0.0881 e. The monoisotopic (exact) mass is 372 g/mol. The lowest BCUT2D eigenvalue weighted by Gasteiger charge is -2.05. The minimum atomic E-state index is 0.996. The van der Waals surface area contributed by atoms with Crippen molar-refractivity contribution in [1.82, 2.24) is 4.98 Å². The zero-order chi connectivity index (χ0) is 19.5. The van der Waals surface area contributed by atoms with E-state index in [4.69, 9.17) is 4.99 Å². The number of rotatable bonds is 1. The van der Waals surface area contributed by atoms with Crippen LogP contribution in [-0.2, 0) is 0 Å². The van der Waals surface area contributed by atoms with Gasteiger partial charge in [0.05, 0.1) is 16.9 Å². The molecule has 0 amide bonds. The van der Waals surface area contributed by atoms with Gasteiger partial charge in [-0.3, -0.25) is 0 Å². The van der Waals surface area contributed by atoms with Gasteiger partial charge in [0.1, 0.15) is 0 Å². The molecule has 138 valence electrons. The summed E-state index contributed by atoms with van der Waals surface area (Å²) < 4.78 is 0. The Balaban J connectivity index is 1.67. The van der Waals surface area contributed by atoms with E-state index >= 15 is 0 Å². The molecule has 0 saturated carbocycles. The van der Waals surface area contributed by atoms with Crippen LogP contribution < -0.4 is 0 Å². The van der Waals surface area contributed by atoms with Gasteiger partial charge in [-0.1, -0.05) is 60.2 Å². The van der Waals surface area contributed by atoms with Gasteiger partial charge >= 0.3 is 0 Å². The van der Waals surface area contributed by atoms with E-state index in [9.17, 15) is 0 Å². The summed E-state index contributed by atoms with van der Waals surface area (Å²) in [5.74, 6) is 0. The molecule has 1 heterocycles. The van der Waals surface area contributed by atoms with Gasteiger partial charge in [0.2, 0.25) is 0 Å². The second-order valence-electron chi connectivity index (χ2n) is 7.93. The average molecular weight is 372 g/mol. The summed E-state index contributed by atoms with van der Waals surface area (Å²) >= 11 is 0. The van der Waals surface area contributed by atoms with E-state index in [1.54, 1.807) is 0 Å². The fraction of sp³-hybridized carbons (Fsp3) is 0.0741. The third-order valence-electron chi connectivity index (χ3n) is 5.87. The maximum atomic E-state index is 5.23. The van der Waals surface area contributed by atoms with Crippen LogP contribution in [-0.4, -0.2) is 10.7 Å². The molecule has 1 aliphatic rings. The Hall–Kier alpha value is -3.65. The predicted molar refractivity (Wildman–Crippen MR) is 122 cm³/mol. The minimum Gasteiger partial charge on any atom is -0.353 e. The fourth-order valence-corrected chi connectivity index (χ4v) is 4.56. The molecule has 0 unspecified atom stereocenters. The zero-order valence-electron chi connectivity index (χ0n) is 16.5. The third-order valence-corrected chi connectivity index (χ3v) is 5.87. The lowest BCUT2D eigenvalue weighted by Crippen LogP contribution is -1.97. The topological polar surface area (TPSA) is 28.1 Å². The number of nitrogens with one attached hydrogen (secondary N) is 1. The van der Waals surface area contributed by atoms with Crippen molar-refractivity contribution in [3.63, 3.8) is 0 Å². The van der Waals surface area contributed by atoms with Crippen LogP contribution in [0.15, 0.2) is 83.9 Å². The molecular weight excluding hydrogens is 352 g/mol. The van der Waals surface area contributed by atoms with Gasteiger partial charge in [-0.25, -0.2) is 4.99 Å². The van der Waals surface area contributed by atoms with Crippen molar-refractivity contribution < 1.29 is 0 Å². The number of aliphatic imine (C=N–C) groups is 1. The maximum absolute atomic E-state index is 5.23. The van der Waals surface area contributed by atoms with Crippen LogP contribution in [0.1, 0.15) is 22.3 Å². The standard InChI is InChI=1S/C27H20N2/c1-16-11-12-24-22(13-16)23-14-17(2)15-25(27(23)28-24)29-26-20-9-5-3-7-18(20)19-8-4-6-10-21(19)26/h3-15,28H,1-2H3. The Labute approximate surface area is 169 Å². The van der Waals surface area contributed by atoms with Gasteiger partial charge < -0.3 is 4.98 Å². The van der Waals surface area contributed by atoms with Crippen LogP contribution in [0, 0.1) is 13.8 Å². The van der Waals surface area contributed by atoms with Crippen molar-refractivity contribution in [1.29, 1.82) is 0 Å². The van der Waals surface area contributed by atoms with E-state index in [0.717, 1.165) is 22.4 Å². The van der Waals surface area contributed by atoms with Crippen molar-refractivity contribution in [2.75, 3.05) is 0 Å². The fourth-order valence-electron chi connectivity index (χ4n) is 4.56. The van der Waals surface area contributed by atoms with E-state index < -0.39 is 0 Å². The van der Waals surface area contributed by atoms with Gasteiger partial charge in [-0.2, -0.15) is 0 Å². The molecule has 0 atom stereocenters. The van der Waals surface area contributed by atoms with Crippen LogP contribution in [0.25, 0.3) is 32.9 Å². The summed E-state index contributed by atoms with van der Waals surface area (Å²) in [5.41, 5.74) is 11.7.